The Hall–Kier alpha value is -0.560. The number of nitrogens with zero attached hydrogens (tertiary/aromatic N) is 2. The van der Waals surface area contributed by atoms with E-state index in [9.17, 15) is 27.7 Å². The molecule has 0 heterocycles. The summed E-state index contributed by atoms with van der Waals surface area (Å²) in [7, 11) is 0. The van der Waals surface area contributed by atoms with Crippen LogP contribution >= 0.6 is 38.8 Å². The van der Waals surface area contributed by atoms with Crippen LogP contribution in [0.5, 0.6) is 0 Å². The van der Waals surface area contributed by atoms with Crippen molar-refractivity contribution in [3.8, 4) is 0 Å². The lowest BCUT2D eigenvalue weighted by molar-refractivity contribution is -0.387. The molecule has 1 rings (SSSR count). The minimum atomic E-state index is -3.74. The molecule has 0 fully saturated rings. The lowest BCUT2D eigenvalue weighted by Gasteiger charge is -2.05. The van der Waals surface area contributed by atoms with Gasteiger partial charge in [-0.15, -0.1) is 0 Å². The molecular weight excluding hydrogens is 345 g/mol. The number of nitro groups is 1. The fraction of sp³-hybridized carbons (Fsp3) is 0. The molecule has 0 N–H and O–H groups in total. The van der Waals surface area contributed by atoms with Crippen molar-refractivity contribution >= 4 is 50.2 Å². The van der Waals surface area contributed by atoms with Crippen LogP contribution in [0.1, 0.15) is 0 Å². The van der Waals surface area contributed by atoms with E-state index in [1.165, 1.54) is 0 Å². The van der Waals surface area contributed by atoms with Gasteiger partial charge in [-0.05, 0) is 33.7 Å². The summed E-state index contributed by atoms with van der Waals surface area (Å²) < 4.78 is 55.0. The third-order valence-corrected chi connectivity index (χ3v) is 2.72. The highest BCUT2D eigenvalue weighted by molar-refractivity contribution is 8.26. The molecule has 12 heteroatoms. The first-order chi connectivity index (χ1) is 8.06. The highest BCUT2D eigenvalue weighted by Crippen LogP contribution is 2.67. The van der Waals surface area contributed by atoms with Gasteiger partial charge in [-0.3, -0.25) is 10.1 Å². The van der Waals surface area contributed by atoms with Crippen molar-refractivity contribution < 1.29 is 22.5 Å². The Bertz CT molecular complexity index is 583. The molecule has 0 saturated carbocycles. The zero-order valence-electron chi connectivity index (χ0n) is 7.80. The predicted molar refractivity (Wildman–Crippen MR) is 59.5 cm³/mol. The van der Waals surface area contributed by atoms with Gasteiger partial charge in [0.15, 0.2) is 17.3 Å². The molecule has 4 nitrogen and oxygen atoms in total. The Balaban J connectivity index is 3.85. The molecule has 0 aromatic heterocycles. The van der Waals surface area contributed by atoms with E-state index < -0.39 is 44.7 Å². The number of hydrogen-bond acceptors (Lipinski definition) is 3. The lowest BCUT2D eigenvalue weighted by atomic mass is 10.2. The molecule has 0 aliphatic rings. The molecule has 0 atom stereocenters. The SMILES string of the molecule is O=[N+]([O-])c1c(F)c(F)c(F)c(F)c1N=P(Cl)(Cl)Cl. The maximum atomic E-state index is 13.3. The van der Waals surface area contributed by atoms with Crippen LogP contribution in [0.25, 0.3) is 0 Å². The standard InChI is InChI=1S/C6Cl3F4N2O2P/c7-18(8,9)14-5-3(12)1(10)2(11)4(13)6(5)15(16)17. The van der Waals surface area contributed by atoms with Crippen LogP contribution in [0.15, 0.2) is 4.74 Å². The number of rotatable bonds is 2. The van der Waals surface area contributed by atoms with E-state index in [0.29, 0.717) is 0 Å². The van der Waals surface area contributed by atoms with Gasteiger partial charge in [0.25, 0.3) is 0 Å². The molecular formula is C6Cl3F4N2O2P. The van der Waals surface area contributed by atoms with Crippen molar-refractivity contribution in [3.05, 3.63) is 33.4 Å². The third-order valence-electron chi connectivity index (χ3n) is 1.61. The molecule has 0 spiro atoms. The first-order valence-corrected chi connectivity index (χ1v) is 8.23. The topological polar surface area (TPSA) is 55.5 Å². The Morgan fingerprint density at radius 1 is 1.00 bits per heavy atom. The summed E-state index contributed by atoms with van der Waals surface area (Å²) in [6.07, 6.45) is 0. The average Bonchev–Trinajstić information content (AvgIpc) is 2.20. The molecule has 0 aliphatic heterocycles. The molecule has 0 amide bonds. The first-order valence-electron chi connectivity index (χ1n) is 3.78. The van der Waals surface area contributed by atoms with Crippen LogP contribution in [-0.2, 0) is 0 Å². The van der Waals surface area contributed by atoms with Crippen molar-refractivity contribution in [2.75, 3.05) is 0 Å². The fourth-order valence-corrected chi connectivity index (χ4v) is 2.07. The Morgan fingerprint density at radius 3 is 1.83 bits per heavy atom. The van der Waals surface area contributed by atoms with Gasteiger partial charge >= 0.3 is 5.69 Å². The largest absolute Gasteiger partial charge is 0.336 e. The quantitative estimate of drug-likeness (QED) is 0.179. The monoisotopic (exact) mass is 344 g/mol. The molecule has 0 bridgehead atoms. The van der Waals surface area contributed by atoms with Crippen molar-refractivity contribution in [3.63, 3.8) is 0 Å². The number of nitro benzene ring substituents is 1. The second kappa shape index (κ2) is 5.21. The first kappa shape index (κ1) is 15.5. The second-order valence-corrected chi connectivity index (χ2v) is 9.73. The minimum Gasteiger partial charge on any atom is -0.258 e. The Morgan fingerprint density at radius 2 is 1.44 bits per heavy atom. The highest BCUT2D eigenvalue weighted by Gasteiger charge is 2.33. The van der Waals surface area contributed by atoms with Crippen LogP contribution < -0.4 is 0 Å². The fourth-order valence-electron chi connectivity index (χ4n) is 0.980. The molecule has 1 aromatic carbocycles. The second-order valence-electron chi connectivity index (χ2n) is 2.73. The number of benzene rings is 1. The van der Waals surface area contributed by atoms with Gasteiger partial charge in [-0.25, -0.2) is 17.9 Å². The average molecular weight is 345 g/mol. The van der Waals surface area contributed by atoms with E-state index in [1.807, 2.05) is 0 Å². The molecule has 18 heavy (non-hydrogen) atoms. The lowest BCUT2D eigenvalue weighted by Crippen LogP contribution is -2.02. The van der Waals surface area contributed by atoms with E-state index in [4.69, 9.17) is 33.7 Å². The van der Waals surface area contributed by atoms with E-state index in [2.05, 4.69) is 4.74 Å². The number of hydrogen-bond donors (Lipinski definition) is 0. The summed E-state index contributed by atoms with van der Waals surface area (Å²) in [5, 5.41) is 6.73. The van der Waals surface area contributed by atoms with Gasteiger partial charge in [0.05, 0.1) is 4.92 Å². The maximum Gasteiger partial charge on any atom is 0.336 e. The van der Waals surface area contributed by atoms with E-state index in [1.54, 1.807) is 0 Å². The van der Waals surface area contributed by atoms with Crippen LogP contribution in [0, 0.1) is 33.4 Å². The Labute approximate surface area is 111 Å². The zero-order valence-corrected chi connectivity index (χ0v) is 11.0. The van der Waals surface area contributed by atoms with Crippen molar-refractivity contribution in [2.45, 2.75) is 0 Å². The van der Waals surface area contributed by atoms with Gasteiger partial charge in [0.2, 0.25) is 16.7 Å². The van der Waals surface area contributed by atoms with E-state index >= 15 is 0 Å². The van der Waals surface area contributed by atoms with Gasteiger partial charge < -0.3 is 0 Å². The van der Waals surface area contributed by atoms with Crippen molar-refractivity contribution in [1.82, 2.24) is 0 Å². The van der Waals surface area contributed by atoms with Gasteiger partial charge in [0, 0.05) is 0 Å². The third kappa shape index (κ3) is 3.06. The smallest absolute Gasteiger partial charge is 0.258 e. The van der Waals surface area contributed by atoms with E-state index in [0.717, 1.165) is 0 Å². The summed E-state index contributed by atoms with van der Waals surface area (Å²) in [5.74, 6) is -8.96. The summed E-state index contributed by atoms with van der Waals surface area (Å²) in [6.45, 7) is 0. The molecule has 1 aromatic rings. The minimum absolute atomic E-state index is 1.48. The highest BCUT2D eigenvalue weighted by atomic mass is 36.0. The maximum absolute atomic E-state index is 13.3. The van der Waals surface area contributed by atoms with Crippen molar-refractivity contribution in [1.29, 1.82) is 0 Å². The summed E-state index contributed by atoms with van der Waals surface area (Å²) in [4.78, 5) is 8.98. The zero-order chi connectivity index (χ0) is 14.2. The van der Waals surface area contributed by atoms with Crippen LogP contribution in [0.3, 0.4) is 0 Å². The van der Waals surface area contributed by atoms with Gasteiger partial charge in [0.1, 0.15) is 0 Å². The van der Waals surface area contributed by atoms with Crippen LogP contribution in [0.2, 0.25) is 0 Å². The van der Waals surface area contributed by atoms with Crippen LogP contribution in [0.4, 0.5) is 28.9 Å². The summed E-state index contributed by atoms with van der Waals surface area (Å²) in [5.41, 5.74) is -3.22. The molecule has 0 radical (unpaired) electrons. The van der Waals surface area contributed by atoms with Crippen molar-refractivity contribution in [2.24, 2.45) is 4.74 Å². The Kier molecular flexibility index (Phi) is 4.48. The van der Waals surface area contributed by atoms with Gasteiger partial charge in [-0.2, -0.15) is 4.39 Å². The van der Waals surface area contributed by atoms with Gasteiger partial charge in [-0.1, -0.05) is 0 Å². The summed E-state index contributed by atoms with van der Waals surface area (Å²) >= 11 is 15.6. The molecule has 0 aliphatic carbocycles. The van der Waals surface area contributed by atoms with Crippen LogP contribution in [-0.4, -0.2) is 4.92 Å². The number of halogens is 7. The van der Waals surface area contributed by atoms with E-state index in [-0.39, 0.29) is 0 Å². The normalized spacial score (nSPS) is 11.5. The molecule has 0 saturated heterocycles. The summed E-state index contributed by atoms with van der Waals surface area (Å²) in [6, 6.07) is 0. The predicted octanol–water partition coefficient (Wildman–Crippen LogP) is 5.45. The molecule has 100 valence electrons. The molecule has 0 unspecified atom stereocenters.